The largest absolute Gasteiger partial charge is 0.491 e. The molecule has 0 saturated heterocycles. The Bertz CT molecular complexity index is 2740. The molecule has 0 bridgehead atoms. The number of cyclic esters (lactones) is 1. The second-order valence-electron chi connectivity index (χ2n) is 17.5. The molecule has 2 amide bonds. The molecule has 7 rings (SSSR count). The maximum absolute atomic E-state index is 15.4. The number of fused-ring (bicyclic) bond motifs is 5. The van der Waals surface area contributed by atoms with Gasteiger partial charge in [-0.2, -0.15) is 5.10 Å². The number of hydrogen-bond acceptors (Lipinski definition) is 15. The summed E-state index contributed by atoms with van der Waals surface area (Å²) >= 11 is 0. The zero-order chi connectivity index (χ0) is 50.0. The fourth-order valence-electron chi connectivity index (χ4n) is 8.62. The Morgan fingerprint density at radius 1 is 0.943 bits per heavy atom. The first-order valence-electron chi connectivity index (χ1n) is 23.3. The van der Waals surface area contributed by atoms with Gasteiger partial charge in [-0.25, -0.2) is 19.6 Å². The van der Waals surface area contributed by atoms with E-state index in [-0.39, 0.29) is 30.7 Å². The Morgan fingerprint density at radius 2 is 1.57 bits per heavy atom. The van der Waals surface area contributed by atoms with Gasteiger partial charge in [-0.15, -0.1) is 0 Å². The Morgan fingerprint density at radius 3 is 2.20 bits per heavy atom. The number of aliphatic hydroxyl groups is 1. The smallest absolute Gasteiger partial charge is 0.343 e. The average Bonchev–Trinajstić information content (AvgIpc) is 3.73. The van der Waals surface area contributed by atoms with Crippen LogP contribution in [0.25, 0.3) is 32.7 Å². The van der Waals surface area contributed by atoms with Crippen molar-refractivity contribution in [2.24, 2.45) is 15.6 Å². The van der Waals surface area contributed by atoms with Gasteiger partial charge >= 0.3 is 5.97 Å². The second-order valence-corrected chi connectivity index (χ2v) is 17.5. The van der Waals surface area contributed by atoms with Crippen LogP contribution < -0.4 is 21.0 Å². The zero-order valence-electron chi connectivity index (χ0n) is 40.1. The summed E-state index contributed by atoms with van der Waals surface area (Å²) in [6.45, 7) is 12.5. The first kappa shape index (κ1) is 51.5. The Labute approximate surface area is 403 Å². The lowest BCUT2D eigenvalue weighted by atomic mass is 9.81. The lowest BCUT2D eigenvalue weighted by molar-refractivity contribution is -0.172. The van der Waals surface area contributed by atoms with E-state index in [2.05, 4.69) is 25.9 Å². The van der Waals surface area contributed by atoms with Gasteiger partial charge in [-0.3, -0.25) is 14.4 Å². The molecule has 2 atom stereocenters. The number of benzene rings is 2. The molecule has 0 fully saturated rings. The number of halogens is 1. The molecule has 1 aliphatic carbocycles. The number of carbonyl (C=O) groups excluding carboxylic acids is 3. The van der Waals surface area contributed by atoms with Crippen LogP contribution in [-0.2, 0) is 68.0 Å². The normalized spacial score (nSPS) is 17.0. The molecule has 4 heterocycles. The van der Waals surface area contributed by atoms with E-state index in [4.69, 9.17) is 43.7 Å². The van der Waals surface area contributed by atoms with Crippen molar-refractivity contribution in [3.8, 4) is 17.1 Å². The lowest BCUT2D eigenvalue weighted by Gasteiger charge is -2.32. The van der Waals surface area contributed by atoms with E-state index >= 15 is 4.39 Å². The van der Waals surface area contributed by atoms with Crippen molar-refractivity contribution in [1.29, 1.82) is 0 Å². The Kier molecular flexibility index (Phi) is 17.0. The minimum absolute atomic E-state index is 0.0266. The first-order chi connectivity index (χ1) is 33.7. The van der Waals surface area contributed by atoms with Crippen LogP contribution in [0.3, 0.4) is 0 Å². The van der Waals surface area contributed by atoms with Crippen LogP contribution in [-0.4, -0.2) is 117 Å². The summed E-state index contributed by atoms with van der Waals surface area (Å²) in [4.78, 5) is 62.1. The van der Waals surface area contributed by atoms with E-state index in [9.17, 15) is 24.3 Å². The number of azide groups is 1. The molecule has 20 nitrogen and oxygen atoms in total. The Hall–Kier alpha value is -6.32. The van der Waals surface area contributed by atoms with Gasteiger partial charge in [0, 0.05) is 34.0 Å². The molecule has 2 aliphatic heterocycles. The van der Waals surface area contributed by atoms with E-state index in [0.29, 0.717) is 148 Å². The van der Waals surface area contributed by atoms with Crippen LogP contribution in [0.2, 0.25) is 0 Å². The maximum atomic E-state index is 15.4. The quantitative estimate of drug-likeness (QED) is 0.0102. The van der Waals surface area contributed by atoms with Crippen LogP contribution in [0, 0.1) is 18.2 Å². The molecule has 2 aromatic heterocycles. The summed E-state index contributed by atoms with van der Waals surface area (Å²) in [6.07, 6.45) is 0.773. The number of hydrazone groups is 1. The topological polar surface area (TPSA) is 256 Å². The monoisotopic (exact) mass is 970 g/mol. The molecule has 374 valence electrons. The summed E-state index contributed by atoms with van der Waals surface area (Å²) in [5.74, 6) is -1.89. The predicted molar refractivity (Wildman–Crippen MR) is 253 cm³/mol. The van der Waals surface area contributed by atoms with Crippen LogP contribution >= 0.6 is 0 Å². The molecular formula is C49H59FN8O12. The van der Waals surface area contributed by atoms with Crippen molar-refractivity contribution < 1.29 is 57.0 Å². The van der Waals surface area contributed by atoms with E-state index in [1.165, 1.54) is 24.5 Å². The number of ether oxygens (including phenoxy) is 7. The zero-order valence-corrected chi connectivity index (χ0v) is 40.1. The first-order valence-corrected chi connectivity index (χ1v) is 23.3. The van der Waals surface area contributed by atoms with Crippen molar-refractivity contribution in [2.75, 3.05) is 79.2 Å². The highest BCUT2D eigenvalue weighted by Gasteiger charge is 2.46. The summed E-state index contributed by atoms with van der Waals surface area (Å²) in [5, 5.41) is 22.8. The standard InChI is InChI=1S/C49H59FN8O12/c1-6-49(63)36-25-40-43-34(27-58(40)44(59)35(36)28-70-47(49)62)42-38(12-11-33-29(2)37(50)26-39(53-43)41(33)42)54-45(60)48(4,5)46(61)56-55-30(3)31-7-9-32(10-8-31)69-24-23-68-22-21-67-20-19-66-18-17-65-16-15-64-14-13-52-57-51/h7-10,25-26,38,63H,6,11-24,27-28H2,1-5H3,(H,54,60)(H,56,61)/b55-30-/t38-,49-/m1/s1. The van der Waals surface area contributed by atoms with E-state index in [1.807, 2.05) is 0 Å². The molecule has 0 saturated carbocycles. The molecule has 3 aliphatic rings. The number of carbonyl (C=O) groups is 3. The van der Waals surface area contributed by atoms with E-state index in [0.717, 1.165) is 5.56 Å². The summed E-state index contributed by atoms with van der Waals surface area (Å²) in [5.41, 5.74) is 11.8. The van der Waals surface area contributed by atoms with Crippen molar-refractivity contribution in [1.82, 2.24) is 20.3 Å². The lowest BCUT2D eigenvalue weighted by Crippen LogP contribution is -2.48. The number of aromatic nitrogens is 2. The van der Waals surface area contributed by atoms with Gasteiger partial charge in [0.05, 0.1) is 107 Å². The Balaban J connectivity index is 0.893. The van der Waals surface area contributed by atoms with Crippen LogP contribution in [0.15, 0.2) is 51.4 Å². The number of nitrogens with zero attached hydrogens (tertiary/aromatic N) is 6. The van der Waals surface area contributed by atoms with Gasteiger partial charge in [0.2, 0.25) is 5.91 Å². The van der Waals surface area contributed by atoms with E-state index in [1.54, 1.807) is 51.1 Å². The fraction of sp³-hybridized carbons (Fsp3) is 0.510. The molecule has 3 N–H and O–H groups in total. The van der Waals surface area contributed by atoms with Crippen LogP contribution in [0.5, 0.6) is 5.75 Å². The fourth-order valence-corrected chi connectivity index (χ4v) is 8.62. The van der Waals surface area contributed by atoms with Gasteiger partial charge < -0.3 is 48.1 Å². The van der Waals surface area contributed by atoms with Crippen molar-refractivity contribution >= 4 is 34.4 Å². The van der Waals surface area contributed by atoms with Gasteiger partial charge in [0.15, 0.2) is 5.60 Å². The van der Waals surface area contributed by atoms with Gasteiger partial charge in [0.25, 0.3) is 11.5 Å². The summed E-state index contributed by atoms with van der Waals surface area (Å²) < 4.78 is 55.2. The number of rotatable bonds is 25. The third kappa shape index (κ3) is 11.2. The average molecular weight is 971 g/mol. The summed E-state index contributed by atoms with van der Waals surface area (Å²) in [7, 11) is 0. The highest BCUT2D eigenvalue weighted by atomic mass is 19.1. The molecule has 21 heteroatoms. The van der Waals surface area contributed by atoms with Gasteiger partial charge in [-0.05, 0) is 105 Å². The summed E-state index contributed by atoms with van der Waals surface area (Å²) in [6, 6.07) is 9.44. The van der Waals surface area contributed by atoms with Gasteiger partial charge in [0.1, 0.15) is 30.2 Å². The molecule has 70 heavy (non-hydrogen) atoms. The molecule has 0 spiro atoms. The minimum atomic E-state index is -2.03. The molecule has 0 unspecified atom stereocenters. The van der Waals surface area contributed by atoms with Crippen molar-refractivity contribution in [3.05, 3.63) is 102 Å². The number of nitrogens with one attached hydrogen (secondary N) is 2. The number of aryl methyl sites for hydroxylation is 1. The molecule has 0 radical (unpaired) electrons. The number of pyridine rings is 2. The third-order valence-electron chi connectivity index (χ3n) is 12.8. The highest BCUT2D eigenvalue weighted by molar-refractivity contribution is 6.06. The number of amides is 2. The second kappa shape index (κ2) is 23.1. The minimum Gasteiger partial charge on any atom is -0.491 e. The highest BCUT2D eigenvalue weighted by Crippen LogP contribution is 2.46. The maximum Gasteiger partial charge on any atom is 0.343 e. The predicted octanol–water partition coefficient (Wildman–Crippen LogP) is 4.97. The van der Waals surface area contributed by atoms with Crippen LogP contribution in [0.1, 0.15) is 85.5 Å². The molecular weight excluding hydrogens is 912 g/mol. The van der Waals surface area contributed by atoms with E-state index < -0.39 is 46.2 Å². The number of hydrogen-bond donors (Lipinski definition) is 3. The van der Waals surface area contributed by atoms with Crippen LogP contribution in [0.4, 0.5) is 4.39 Å². The van der Waals surface area contributed by atoms with Crippen molar-refractivity contribution in [2.45, 2.75) is 78.7 Å². The third-order valence-corrected chi connectivity index (χ3v) is 12.8. The van der Waals surface area contributed by atoms with Gasteiger partial charge in [-0.1, -0.05) is 12.0 Å². The van der Waals surface area contributed by atoms with Crippen molar-refractivity contribution in [3.63, 3.8) is 0 Å². The molecule has 4 aromatic rings. The SMILES string of the molecule is CC[C@]1(O)C(=O)OCc2c1cc1n(c2=O)Cc2c-1nc1cc(F)c(C)c3c1c2[C@H](NC(=O)C(C)(C)C(=O)N/N=C(/C)c1ccc(OCCOCCOCCOCCOCCOCCN=[N+]=[N-])cc1)CC3. The molecule has 2 aromatic carbocycles. The number of esters is 1.